The van der Waals surface area contributed by atoms with Gasteiger partial charge < -0.3 is 5.11 Å². The molecule has 1 aromatic carbocycles. The second-order valence-corrected chi connectivity index (χ2v) is 7.90. The van der Waals surface area contributed by atoms with Gasteiger partial charge >= 0.3 is 6.09 Å². The lowest BCUT2D eigenvalue weighted by atomic mass is 9.94. The molecule has 2 N–H and O–H groups in total. The Bertz CT molecular complexity index is 768. The fourth-order valence-electron chi connectivity index (χ4n) is 2.17. The minimum atomic E-state index is -3.85. The number of guanidine groups is 1. The van der Waals surface area contributed by atoms with Crippen LogP contribution in [0.25, 0.3) is 0 Å². The van der Waals surface area contributed by atoms with Gasteiger partial charge in [0.1, 0.15) is 11.4 Å². The molecule has 1 atom stereocenters. The van der Waals surface area contributed by atoms with Gasteiger partial charge in [-0.25, -0.2) is 26.9 Å². The Labute approximate surface area is 135 Å². The molecule has 0 radical (unpaired) electrons. The van der Waals surface area contributed by atoms with E-state index in [0.29, 0.717) is 4.47 Å². The molecule has 2 rings (SSSR count). The van der Waals surface area contributed by atoms with Crippen LogP contribution in [0.3, 0.4) is 0 Å². The normalized spacial score (nSPS) is 23.8. The molecular formula is C12H13BrFN3O4S. The zero-order valence-corrected chi connectivity index (χ0v) is 14.1. The average molecular weight is 394 g/mol. The minimum absolute atomic E-state index is 0.0586. The summed E-state index contributed by atoms with van der Waals surface area (Å²) >= 11 is 3.20. The van der Waals surface area contributed by atoms with E-state index in [-0.39, 0.29) is 11.5 Å². The van der Waals surface area contributed by atoms with Gasteiger partial charge in [-0.1, -0.05) is 15.9 Å². The molecule has 0 bridgehead atoms. The summed E-state index contributed by atoms with van der Waals surface area (Å²) in [5, 5.41) is 10.7. The molecule has 22 heavy (non-hydrogen) atoms. The van der Waals surface area contributed by atoms with Gasteiger partial charge in [0, 0.05) is 17.1 Å². The van der Waals surface area contributed by atoms with E-state index in [4.69, 9.17) is 5.11 Å². The van der Waals surface area contributed by atoms with Crippen molar-refractivity contribution in [2.24, 2.45) is 4.99 Å². The van der Waals surface area contributed by atoms with Gasteiger partial charge in [0.25, 0.3) is 0 Å². The average Bonchev–Trinajstić information content (AvgIpc) is 2.37. The summed E-state index contributed by atoms with van der Waals surface area (Å²) in [6, 6.07) is 4.10. The third kappa shape index (κ3) is 3.07. The van der Waals surface area contributed by atoms with Crippen LogP contribution in [0.2, 0.25) is 0 Å². The first kappa shape index (κ1) is 16.7. The number of hydrogen-bond donors (Lipinski definition) is 2. The second-order valence-electron chi connectivity index (χ2n) is 4.99. The molecule has 0 unspecified atom stereocenters. The molecule has 1 aromatic rings. The van der Waals surface area contributed by atoms with Crippen LogP contribution in [0.1, 0.15) is 12.5 Å². The number of aliphatic imine (C=N–C) groups is 1. The Balaban J connectivity index is 2.64. The molecule has 0 spiro atoms. The van der Waals surface area contributed by atoms with Crippen molar-refractivity contribution in [1.82, 2.24) is 9.62 Å². The summed E-state index contributed by atoms with van der Waals surface area (Å²) in [6.07, 6.45) is -1.46. The first-order chi connectivity index (χ1) is 10.0. The van der Waals surface area contributed by atoms with Crippen molar-refractivity contribution in [3.8, 4) is 0 Å². The van der Waals surface area contributed by atoms with Crippen molar-refractivity contribution in [3.05, 3.63) is 34.1 Å². The summed E-state index contributed by atoms with van der Waals surface area (Å²) in [5.41, 5.74) is -1.39. The molecular weight excluding hydrogens is 381 g/mol. The summed E-state index contributed by atoms with van der Waals surface area (Å²) in [7, 11) is -2.67. The van der Waals surface area contributed by atoms with Gasteiger partial charge in [0.15, 0.2) is 0 Å². The number of amides is 1. The van der Waals surface area contributed by atoms with Gasteiger partial charge in [-0.2, -0.15) is 0 Å². The van der Waals surface area contributed by atoms with Crippen LogP contribution in [0.4, 0.5) is 9.18 Å². The Morgan fingerprint density at radius 3 is 2.77 bits per heavy atom. The molecule has 7 nitrogen and oxygen atoms in total. The molecule has 1 heterocycles. The van der Waals surface area contributed by atoms with Crippen LogP contribution in [-0.4, -0.2) is 42.7 Å². The summed E-state index contributed by atoms with van der Waals surface area (Å²) in [5.74, 6) is -1.47. The number of halogens is 2. The number of nitrogens with zero attached hydrogens (tertiary/aromatic N) is 2. The molecule has 0 fully saturated rings. The number of sulfonamides is 1. The lowest BCUT2D eigenvalue weighted by Gasteiger charge is -2.35. The highest BCUT2D eigenvalue weighted by molar-refractivity contribution is 9.10. The smallest absolute Gasteiger partial charge is 0.411 e. The molecule has 0 saturated heterocycles. The molecule has 0 saturated carbocycles. The molecule has 10 heteroatoms. The minimum Gasteiger partial charge on any atom is -0.465 e. The Morgan fingerprint density at radius 2 is 2.18 bits per heavy atom. The number of rotatable bonds is 1. The first-order valence-electron chi connectivity index (χ1n) is 6.07. The van der Waals surface area contributed by atoms with Crippen LogP contribution in [-0.2, 0) is 15.6 Å². The van der Waals surface area contributed by atoms with Gasteiger partial charge in [-0.3, -0.25) is 5.32 Å². The van der Waals surface area contributed by atoms with E-state index < -0.39 is 33.2 Å². The van der Waals surface area contributed by atoms with Gasteiger partial charge in [-0.15, -0.1) is 0 Å². The lowest BCUT2D eigenvalue weighted by Crippen LogP contribution is -2.53. The van der Waals surface area contributed by atoms with Crippen molar-refractivity contribution in [2.75, 3.05) is 12.8 Å². The molecule has 1 aliphatic rings. The van der Waals surface area contributed by atoms with Crippen LogP contribution < -0.4 is 5.32 Å². The maximum absolute atomic E-state index is 14.1. The Kier molecular flexibility index (Phi) is 4.18. The van der Waals surface area contributed by atoms with Crippen LogP contribution in [0, 0.1) is 5.82 Å². The van der Waals surface area contributed by atoms with E-state index >= 15 is 0 Å². The predicted octanol–water partition coefficient (Wildman–Crippen LogP) is 1.70. The fraction of sp³-hybridized carbons (Fsp3) is 0.333. The molecule has 1 amide bonds. The van der Waals surface area contributed by atoms with Crippen LogP contribution in [0.15, 0.2) is 27.7 Å². The predicted molar refractivity (Wildman–Crippen MR) is 81.6 cm³/mol. The highest BCUT2D eigenvalue weighted by Crippen LogP contribution is 2.34. The van der Waals surface area contributed by atoms with Gasteiger partial charge in [-0.05, 0) is 25.1 Å². The lowest BCUT2D eigenvalue weighted by molar-refractivity contribution is 0.199. The Hall–Kier alpha value is -1.68. The van der Waals surface area contributed by atoms with E-state index in [1.165, 1.54) is 32.2 Å². The Morgan fingerprint density at radius 1 is 1.55 bits per heavy atom. The van der Waals surface area contributed by atoms with E-state index in [2.05, 4.69) is 20.9 Å². The van der Waals surface area contributed by atoms with Crippen LogP contribution in [0.5, 0.6) is 0 Å². The summed E-state index contributed by atoms with van der Waals surface area (Å²) in [6.45, 7) is 1.44. The summed E-state index contributed by atoms with van der Waals surface area (Å²) in [4.78, 5) is 14.9. The van der Waals surface area contributed by atoms with E-state index in [1.54, 1.807) is 0 Å². The van der Waals surface area contributed by atoms with E-state index in [1.807, 2.05) is 5.32 Å². The van der Waals surface area contributed by atoms with E-state index in [0.717, 1.165) is 4.31 Å². The number of benzene rings is 1. The standard InChI is InChI=1S/C12H13BrFN3O4S/c1-12(8-5-7(13)3-4-9(8)14)6-22(20,21)17(2)10(16-12)15-11(18)19/h3-5H,6H2,1-2H3,(H,15,16)(H,18,19)/t12-/m0/s1. The number of nitrogens with one attached hydrogen (secondary N) is 1. The molecule has 0 aliphatic carbocycles. The topological polar surface area (TPSA) is 99.1 Å². The number of carbonyl (C=O) groups is 1. The molecule has 1 aliphatic heterocycles. The third-order valence-corrected chi connectivity index (χ3v) is 5.69. The number of carboxylic acid groups (broad SMARTS) is 1. The monoisotopic (exact) mass is 393 g/mol. The molecule has 120 valence electrons. The maximum atomic E-state index is 14.1. The van der Waals surface area contributed by atoms with Crippen molar-refractivity contribution < 1.29 is 22.7 Å². The van der Waals surface area contributed by atoms with Crippen molar-refractivity contribution >= 4 is 38.0 Å². The maximum Gasteiger partial charge on any atom is 0.411 e. The van der Waals surface area contributed by atoms with E-state index in [9.17, 15) is 17.6 Å². The SMILES string of the molecule is CN1C(NC(=O)O)=N[C@](C)(c2cc(Br)ccc2F)CS1(=O)=O. The highest BCUT2D eigenvalue weighted by Gasteiger charge is 2.42. The van der Waals surface area contributed by atoms with Crippen molar-refractivity contribution in [3.63, 3.8) is 0 Å². The zero-order valence-electron chi connectivity index (χ0n) is 11.7. The van der Waals surface area contributed by atoms with Gasteiger partial charge in [0.05, 0.1) is 5.75 Å². The quantitative estimate of drug-likeness (QED) is 0.758. The van der Waals surface area contributed by atoms with Crippen molar-refractivity contribution in [1.29, 1.82) is 0 Å². The first-order valence-corrected chi connectivity index (χ1v) is 8.47. The highest BCUT2D eigenvalue weighted by atomic mass is 79.9. The summed E-state index contributed by atoms with van der Waals surface area (Å²) < 4.78 is 39.9. The molecule has 0 aromatic heterocycles. The second kappa shape index (κ2) is 5.51. The van der Waals surface area contributed by atoms with Crippen LogP contribution >= 0.6 is 15.9 Å². The van der Waals surface area contributed by atoms with Crippen molar-refractivity contribution in [2.45, 2.75) is 12.5 Å². The number of hydrogen-bond acceptors (Lipinski definition) is 4. The van der Waals surface area contributed by atoms with Gasteiger partial charge in [0.2, 0.25) is 16.0 Å². The largest absolute Gasteiger partial charge is 0.465 e. The third-order valence-electron chi connectivity index (χ3n) is 3.26. The zero-order chi connectivity index (χ0) is 16.7. The fourth-order valence-corrected chi connectivity index (χ4v) is 4.01.